The number of benzene rings is 1. The fraction of sp³-hybridized carbons (Fsp3) is 0.533. The third-order valence-corrected chi connectivity index (χ3v) is 4.04. The number of carbonyl (C=O) groups excluding carboxylic acids is 1. The van der Waals surface area contributed by atoms with Gasteiger partial charge in [0.05, 0.1) is 5.75 Å². The lowest BCUT2D eigenvalue weighted by atomic mass is 10.1. The molecule has 0 spiro atoms. The van der Waals surface area contributed by atoms with Crippen LogP contribution in [0.5, 0.6) is 0 Å². The number of Topliss-reactive ketones (excluding diaryl/α,β-unsaturated/α-hetero) is 1. The monoisotopic (exact) mass is 284 g/mol. The molecule has 0 aliphatic carbocycles. The van der Waals surface area contributed by atoms with Crippen LogP contribution >= 0.6 is 23.4 Å². The molecule has 0 heterocycles. The zero-order valence-electron chi connectivity index (χ0n) is 11.0. The van der Waals surface area contributed by atoms with Gasteiger partial charge in [-0.1, -0.05) is 50.3 Å². The molecule has 0 N–H and O–H groups in total. The highest BCUT2D eigenvalue weighted by Gasteiger charge is 2.03. The Hall–Kier alpha value is -0.470. The second-order valence-electron chi connectivity index (χ2n) is 4.45. The van der Waals surface area contributed by atoms with Crippen molar-refractivity contribution in [3.63, 3.8) is 0 Å². The SMILES string of the molecule is CCCCCCCC(=O)CSc1cccc(Cl)c1. The number of ketones is 1. The van der Waals surface area contributed by atoms with Crippen molar-refractivity contribution < 1.29 is 4.79 Å². The van der Waals surface area contributed by atoms with Crippen LogP contribution in [-0.4, -0.2) is 11.5 Å². The second-order valence-corrected chi connectivity index (χ2v) is 5.93. The number of hydrogen-bond donors (Lipinski definition) is 0. The molecule has 0 unspecified atom stereocenters. The Labute approximate surface area is 119 Å². The van der Waals surface area contributed by atoms with Crippen molar-refractivity contribution in [3.8, 4) is 0 Å². The highest BCUT2D eigenvalue weighted by Crippen LogP contribution is 2.22. The molecule has 0 radical (unpaired) electrons. The molecule has 1 aromatic carbocycles. The first-order valence-electron chi connectivity index (χ1n) is 6.62. The minimum atomic E-state index is 0.344. The highest BCUT2D eigenvalue weighted by molar-refractivity contribution is 8.00. The lowest BCUT2D eigenvalue weighted by Crippen LogP contribution is -2.00. The van der Waals surface area contributed by atoms with Crippen molar-refractivity contribution in [2.75, 3.05) is 5.75 Å². The average molecular weight is 285 g/mol. The van der Waals surface area contributed by atoms with E-state index in [1.54, 1.807) is 11.8 Å². The van der Waals surface area contributed by atoms with Gasteiger partial charge in [0.1, 0.15) is 5.78 Å². The molecule has 0 bridgehead atoms. The van der Waals surface area contributed by atoms with E-state index in [-0.39, 0.29) is 0 Å². The quantitative estimate of drug-likeness (QED) is 0.448. The standard InChI is InChI=1S/C15H21ClOS/c1-2-3-4-5-6-9-14(17)12-18-15-10-7-8-13(16)11-15/h7-8,10-11H,2-6,9,12H2,1H3. The lowest BCUT2D eigenvalue weighted by molar-refractivity contribution is -0.116. The lowest BCUT2D eigenvalue weighted by Gasteiger charge is -2.02. The molecule has 1 nitrogen and oxygen atoms in total. The molecule has 3 heteroatoms. The van der Waals surface area contributed by atoms with Crippen molar-refractivity contribution in [3.05, 3.63) is 29.3 Å². The fourth-order valence-corrected chi connectivity index (χ4v) is 2.83. The number of hydrogen-bond acceptors (Lipinski definition) is 2. The van der Waals surface area contributed by atoms with Crippen LogP contribution in [0.4, 0.5) is 0 Å². The van der Waals surface area contributed by atoms with Gasteiger partial charge in [-0.05, 0) is 24.6 Å². The maximum absolute atomic E-state index is 11.7. The van der Waals surface area contributed by atoms with E-state index in [9.17, 15) is 4.79 Å². The molecule has 0 aliphatic rings. The van der Waals surface area contributed by atoms with Crippen LogP contribution < -0.4 is 0 Å². The van der Waals surface area contributed by atoms with E-state index in [0.29, 0.717) is 11.5 Å². The van der Waals surface area contributed by atoms with Gasteiger partial charge in [-0.3, -0.25) is 4.79 Å². The fourth-order valence-electron chi connectivity index (χ4n) is 1.72. The van der Waals surface area contributed by atoms with E-state index in [4.69, 9.17) is 11.6 Å². The number of halogens is 1. The van der Waals surface area contributed by atoms with Gasteiger partial charge < -0.3 is 0 Å². The number of carbonyl (C=O) groups is 1. The second kappa shape index (κ2) is 9.46. The van der Waals surface area contributed by atoms with Crippen LogP contribution in [0.1, 0.15) is 45.4 Å². The molecule has 1 rings (SSSR count). The smallest absolute Gasteiger partial charge is 0.143 e. The van der Waals surface area contributed by atoms with Crippen molar-refractivity contribution in [1.82, 2.24) is 0 Å². The minimum absolute atomic E-state index is 0.344. The summed E-state index contributed by atoms with van der Waals surface area (Å²) in [6, 6.07) is 7.66. The summed E-state index contributed by atoms with van der Waals surface area (Å²) < 4.78 is 0. The number of rotatable bonds is 9. The molecule has 0 aromatic heterocycles. The van der Waals surface area contributed by atoms with Crippen LogP contribution in [0.2, 0.25) is 5.02 Å². The first kappa shape index (κ1) is 15.6. The van der Waals surface area contributed by atoms with Gasteiger partial charge in [-0.2, -0.15) is 0 Å². The Kier molecular flexibility index (Phi) is 8.19. The molecular weight excluding hydrogens is 264 g/mol. The third-order valence-electron chi connectivity index (χ3n) is 2.76. The van der Waals surface area contributed by atoms with Crippen LogP contribution in [0, 0.1) is 0 Å². The maximum Gasteiger partial charge on any atom is 0.143 e. The van der Waals surface area contributed by atoms with Gasteiger partial charge in [-0.15, -0.1) is 11.8 Å². The van der Waals surface area contributed by atoms with Gasteiger partial charge in [-0.25, -0.2) is 0 Å². The molecule has 1 aromatic rings. The molecule has 0 saturated carbocycles. The number of unbranched alkanes of at least 4 members (excludes halogenated alkanes) is 4. The van der Waals surface area contributed by atoms with Gasteiger partial charge in [0, 0.05) is 16.3 Å². The average Bonchev–Trinajstić information content (AvgIpc) is 2.36. The van der Waals surface area contributed by atoms with E-state index in [2.05, 4.69) is 6.92 Å². The molecule has 0 fully saturated rings. The minimum Gasteiger partial charge on any atom is -0.299 e. The van der Waals surface area contributed by atoms with E-state index in [1.807, 2.05) is 24.3 Å². The number of thioether (sulfide) groups is 1. The summed E-state index contributed by atoms with van der Waals surface area (Å²) >= 11 is 7.47. The Balaban J connectivity index is 2.13. The zero-order chi connectivity index (χ0) is 13.2. The van der Waals surface area contributed by atoms with Gasteiger partial charge >= 0.3 is 0 Å². The zero-order valence-corrected chi connectivity index (χ0v) is 12.5. The topological polar surface area (TPSA) is 17.1 Å². The van der Waals surface area contributed by atoms with Gasteiger partial charge in [0.25, 0.3) is 0 Å². The molecule has 0 amide bonds. The van der Waals surface area contributed by atoms with E-state index >= 15 is 0 Å². The van der Waals surface area contributed by atoms with Crippen molar-refractivity contribution >= 4 is 29.1 Å². The molecule has 100 valence electrons. The summed E-state index contributed by atoms with van der Waals surface area (Å²) in [6.07, 6.45) is 6.73. The molecule has 0 saturated heterocycles. The van der Waals surface area contributed by atoms with Crippen LogP contribution in [0.25, 0.3) is 0 Å². The predicted molar refractivity (Wildman–Crippen MR) is 80.6 cm³/mol. The van der Waals surface area contributed by atoms with Crippen molar-refractivity contribution in [2.45, 2.75) is 50.3 Å². The van der Waals surface area contributed by atoms with Crippen molar-refractivity contribution in [2.24, 2.45) is 0 Å². The van der Waals surface area contributed by atoms with Crippen LogP contribution in [0.3, 0.4) is 0 Å². The molecule has 0 aliphatic heterocycles. The largest absolute Gasteiger partial charge is 0.299 e. The van der Waals surface area contributed by atoms with Crippen LogP contribution in [-0.2, 0) is 4.79 Å². The Morgan fingerprint density at radius 2 is 2.00 bits per heavy atom. The van der Waals surface area contributed by atoms with E-state index in [1.165, 1.54) is 25.7 Å². The maximum atomic E-state index is 11.7. The molecule has 0 atom stereocenters. The first-order valence-corrected chi connectivity index (χ1v) is 7.99. The Morgan fingerprint density at radius 3 is 2.72 bits per heavy atom. The van der Waals surface area contributed by atoms with E-state index < -0.39 is 0 Å². The third kappa shape index (κ3) is 7.07. The summed E-state index contributed by atoms with van der Waals surface area (Å²) in [4.78, 5) is 12.8. The summed E-state index contributed by atoms with van der Waals surface area (Å²) in [7, 11) is 0. The van der Waals surface area contributed by atoms with Crippen molar-refractivity contribution in [1.29, 1.82) is 0 Å². The highest BCUT2D eigenvalue weighted by atomic mass is 35.5. The van der Waals surface area contributed by atoms with Gasteiger partial charge in [0.2, 0.25) is 0 Å². The van der Waals surface area contributed by atoms with E-state index in [0.717, 1.165) is 22.8 Å². The summed E-state index contributed by atoms with van der Waals surface area (Å²) in [5, 5.41) is 0.729. The van der Waals surface area contributed by atoms with Crippen LogP contribution in [0.15, 0.2) is 29.2 Å². The Morgan fingerprint density at radius 1 is 1.22 bits per heavy atom. The first-order chi connectivity index (χ1) is 8.72. The normalized spacial score (nSPS) is 10.6. The summed E-state index contributed by atoms with van der Waals surface area (Å²) in [5.41, 5.74) is 0. The predicted octanol–water partition coefficient (Wildman–Crippen LogP) is 5.36. The Bertz CT molecular complexity index is 365. The van der Waals surface area contributed by atoms with Gasteiger partial charge in [0.15, 0.2) is 0 Å². The summed E-state index contributed by atoms with van der Waals surface area (Å²) in [6.45, 7) is 2.20. The molecule has 18 heavy (non-hydrogen) atoms. The summed E-state index contributed by atoms with van der Waals surface area (Å²) in [5.74, 6) is 0.908. The molecular formula is C15H21ClOS.